The van der Waals surface area contributed by atoms with Crippen molar-refractivity contribution in [1.82, 2.24) is 8.87 Å². The van der Waals surface area contributed by atoms with Crippen LogP contribution < -0.4 is 14.3 Å². The van der Waals surface area contributed by atoms with Crippen molar-refractivity contribution in [3.8, 4) is 11.5 Å². The number of rotatable bonds is 3. The van der Waals surface area contributed by atoms with E-state index in [1.165, 1.54) is 15.6 Å². The number of hydrogen-bond acceptors (Lipinski definition) is 7. The van der Waals surface area contributed by atoms with Crippen molar-refractivity contribution in [3.63, 3.8) is 0 Å². The van der Waals surface area contributed by atoms with Gasteiger partial charge in [0.2, 0.25) is 0 Å². The number of aromatic nitrogens is 1. The molecule has 11 heteroatoms. The summed E-state index contributed by atoms with van der Waals surface area (Å²) in [6, 6.07) is 6.25. The summed E-state index contributed by atoms with van der Waals surface area (Å²) in [5.41, 5.74) is 0.880. The lowest BCUT2D eigenvalue weighted by Crippen LogP contribution is -2.40. The molecule has 2 aromatic heterocycles. The van der Waals surface area contributed by atoms with E-state index in [0.717, 1.165) is 21.6 Å². The smallest absolute Gasteiger partial charge is 0.266 e. The SMILES string of the molecule is Cn1c(=NC(=O)C2CCCN2S(=O)(=O)c2cccs2)sc2cc3c(cc21)OCCO3. The molecule has 8 nitrogen and oxygen atoms in total. The van der Waals surface area contributed by atoms with Crippen molar-refractivity contribution < 1.29 is 22.7 Å². The summed E-state index contributed by atoms with van der Waals surface area (Å²) in [4.78, 5) is 17.8. The largest absolute Gasteiger partial charge is 0.486 e. The number of fused-ring (bicyclic) bond motifs is 2. The molecule has 0 saturated carbocycles. The summed E-state index contributed by atoms with van der Waals surface area (Å²) in [6.45, 7) is 1.33. The first kappa shape index (κ1) is 19.7. The zero-order valence-electron chi connectivity index (χ0n) is 16.1. The van der Waals surface area contributed by atoms with Gasteiger partial charge in [0.05, 0.1) is 10.2 Å². The number of nitrogens with zero attached hydrogens (tertiary/aromatic N) is 3. The van der Waals surface area contributed by atoms with Gasteiger partial charge in [-0.3, -0.25) is 4.79 Å². The molecule has 0 N–H and O–H groups in total. The number of ether oxygens (including phenoxy) is 2. The van der Waals surface area contributed by atoms with Gasteiger partial charge in [-0.05, 0) is 24.3 Å². The van der Waals surface area contributed by atoms with Gasteiger partial charge in [-0.1, -0.05) is 17.4 Å². The lowest BCUT2D eigenvalue weighted by atomic mass is 10.2. The van der Waals surface area contributed by atoms with E-state index in [1.54, 1.807) is 17.5 Å². The average Bonchev–Trinajstić information content (AvgIpc) is 3.48. The summed E-state index contributed by atoms with van der Waals surface area (Å²) in [7, 11) is -1.86. The Morgan fingerprint density at radius 2 is 2.00 bits per heavy atom. The molecule has 2 aliphatic rings. The fourth-order valence-corrected chi connectivity index (χ4v) is 7.54. The van der Waals surface area contributed by atoms with Crippen LogP contribution in [-0.2, 0) is 21.9 Å². The number of amides is 1. The van der Waals surface area contributed by atoms with E-state index in [1.807, 2.05) is 23.7 Å². The number of sulfonamides is 1. The molecular weight excluding hydrogens is 446 g/mol. The minimum absolute atomic E-state index is 0.250. The standard InChI is InChI=1S/C19H19N3O5S3/c1-21-13-10-14-15(27-8-7-26-14)11-16(13)29-19(21)20-18(23)12-4-2-6-22(12)30(24,25)17-5-3-9-28-17/h3,5,9-12H,2,4,6-8H2,1H3. The van der Waals surface area contributed by atoms with Crippen LogP contribution in [0.25, 0.3) is 10.2 Å². The maximum atomic E-state index is 13.0. The summed E-state index contributed by atoms with van der Waals surface area (Å²) >= 11 is 2.52. The Hall–Kier alpha value is -2.21. The van der Waals surface area contributed by atoms with E-state index < -0.39 is 22.0 Å². The van der Waals surface area contributed by atoms with Crippen LogP contribution in [0.5, 0.6) is 11.5 Å². The van der Waals surface area contributed by atoms with Crippen LogP contribution in [0.2, 0.25) is 0 Å². The van der Waals surface area contributed by atoms with Crippen molar-refractivity contribution in [1.29, 1.82) is 0 Å². The molecule has 1 fully saturated rings. The molecule has 1 amide bonds. The Morgan fingerprint density at radius 3 is 2.73 bits per heavy atom. The number of thiophene rings is 1. The van der Waals surface area contributed by atoms with Gasteiger partial charge in [-0.25, -0.2) is 8.42 Å². The average molecular weight is 466 g/mol. The molecule has 0 bridgehead atoms. The van der Waals surface area contributed by atoms with Gasteiger partial charge in [0.15, 0.2) is 16.3 Å². The lowest BCUT2D eigenvalue weighted by molar-refractivity contribution is -0.121. The van der Waals surface area contributed by atoms with Crippen LogP contribution in [0.4, 0.5) is 0 Å². The molecule has 0 radical (unpaired) electrons. The number of thiazole rings is 1. The normalized spacial score (nSPS) is 20.2. The molecule has 5 rings (SSSR count). The first-order chi connectivity index (χ1) is 14.4. The summed E-state index contributed by atoms with van der Waals surface area (Å²) in [6.07, 6.45) is 1.11. The highest BCUT2D eigenvalue weighted by Gasteiger charge is 2.39. The minimum Gasteiger partial charge on any atom is -0.486 e. The Kier molecular flexibility index (Phi) is 4.92. The van der Waals surface area contributed by atoms with E-state index in [2.05, 4.69) is 4.99 Å². The number of hydrogen-bond donors (Lipinski definition) is 0. The number of benzene rings is 1. The first-order valence-electron chi connectivity index (χ1n) is 9.48. The molecule has 1 unspecified atom stereocenters. The number of carbonyl (C=O) groups excluding carboxylic acids is 1. The van der Waals surface area contributed by atoms with Gasteiger partial charge in [-0.15, -0.1) is 11.3 Å². The quantitative estimate of drug-likeness (QED) is 0.592. The molecule has 0 aliphatic carbocycles. The Labute approximate surface area is 181 Å². The lowest BCUT2D eigenvalue weighted by Gasteiger charge is -2.20. The third kappa shape index (κ3) is 3.25. The Balaban J connectivity index is 1.51. The predicted octanol–water partition coefficient (Wildman–Crippen LogP) is 2.35. The van der Waals surface area contributed by atoms with Crippen LogP contribution in [-0.4, -0.2) is 49.0 Å². The van der Waals surface area contributed by atoms with Crippen LogP contribution in [0.3, 0.4) is 0 Å². The van der Waals surface area contributed by atoms with Crippen LogP contribution in [0.1, 0.15) is 12.8 Å². The van der Waals surface area contributed by atoms with E-state index in [4.69, 9.17) is 9.47 Å². The Morgan fingerprint density at radius 1 is 1.23 bits per heavy atom. The van der Waals surface area contributed by atoms with Crippen molar-refractivity contribution in [2.75, 3.05) is 19.8 Å². The summed E-state index contributed by atoms with van der Waals surface area (Å²) in [5, 5.41) is 1.72. The van der Waals surface area contributed by atoms with Crippen molar-refractivity contribution in [2.24, 2.45) is 12.0 Å². The molecule has 3 aromatic rings. The second-order valence-electron chi connectivity index (χ2n) is 7.06. The van der Waals surface area contributed by atoms with E-state index in [9.17, 15) is 13.2 Å². The molecule has 2 aliphatic heterocycles. The highest BCUT2D eigenvalue weighted by Crippen LogP contribution is 2.35. The molecule has 0 spiro atoms. The van der Waals surface area contributed by atoms with Crippen molar-refractivity contribution >= 4 is 48.8 Å². The van der Waals surface area contributed by atoms with Gasteiger partial charge >= 0.3 is 0 Å². The molecular formula is C19H19N3O5S3. The second-order valence-corrected chi connectivity index (χ2v) is 11.1. The number of carbonyl (C=O) groups is 1. The van der Waals surface area contributed by atoms with Crippen LogP contribution >= 0.6 is 22.7 Å². The topological polar surface area (TPSA) is 90.2 Å². The van der Waals surface area contributed by atoms with Crippen molar-refractivity contribution in [3.05, 3.63) is 34.4 Å². The maximum Gasteiger partial charge on any atom is 0.266 e. The molecule has 1 aromatic carbocycles. The molecule has 30 heavy (non-hydrogen) atoms. The second kappa shape index (κ2) is 7.49. The van der Waals surface area contributed by atoms with Gasteiger partial charge in [-0.2, -0.15) is 9.30 Å². The first-order valence-corrected chi connectivity index (χ1v) is 12.6. The van der Waals surface area contributed by atoms with Gasteiger partial charge in [0.25, 0.3) is 15.9 Å². The summed E-state index contributed by atoms with van der Waals surface area (Å²) < 4.78 is 41.4. The third-order valence-electron chi connectivity index (χ3n) is 5.23. The zero-order valence-corrected chi connectivity index (χ0v) is 18.6. The number of aryl methyl sites for hydroxylation is 1. The van der Waals surface area contributed by atoms with E-state index in [-0.39, 0.29) is 4.21 Å². The molecule has 1 saturated heterocycles. The fraction of sp³-hybridized carbons (Fsp3) is 0.368. The zero-order chi connectivity index (χ0) is 20.9. The Bertz CT molecular complexity index is 1290. The van der Waals surface area contributed by atoms with Gasteiger partial charge in [0.1, 0.15) is 23.5 Å². The minimum atomic E-state index is -3.69. The molecule has 4 heterocycles. The van der Waals surface area contributed by atoms with E-state index in [0.29, 0.717) is 48.9 Å². The van der Waals surface area contributed by atoms with Gasteiger partial charge < -0.3 is 14.0 Å². The van der Waals surface area contributed by atoms with E-state index >= 15 is 0 Å². The molecule has 158 valence electrons. The highest BCUT2D eigenvalue weighted by molar-refractivity contribution is 7.91. The predicted molar refractivity (Wildman–Crippen MR) is 114 cm³/mol. The molecule has 1 atom stereocenters. The van der Waals surface area contributed by atoms with Crippen LogP contribution in [0.15, 0.2) is 38.8 Å². The maximum absolute atomic E-state index is 13.0. The summed E-state index contributed by atoms with van der Waals surface area (Å²) in [5.74, 6) is 0.911. The fourth-order valence-electron chi connectivity index (χ4n) is 3.74. The van der Waals surface area contributed by atoms with Crippen LogP contribution in [0, 0.1) is 0 Å². The van der Waals surface area contributed by atoms with Crippen molar-refractivity contribution in [2.45, 2.75) is 23.1 Å². The third-order valence-corrected chi connectivity index (χ3v) is 9.60. The van der Waals surface area contributed by atoms with Gasteiger partial charge in [0, 0.05) is 25.7 Å². The highest BCUT2D eigenvalue weighted by atomic mass is 32.2. The monoisotopic (exact) mass is 465 g/mol.